The second kappa shape index (κ2) is 13.3. The maximum atomic E-state index is 12.9. The minimum Gasteiger partial charge on any atom is -0.314 e. The van der Waals surface area contributed by atoms with Gasteiger partial charge in [-0.25, -0.2) is 24.4 Å². The van der Waals surface area contributed by atoms with Crippen LogP contribution in [0.15, 0.2) is 12.7 Å². The molecule has 32 heavy (non-hydrogen) atoms. The molecule has 0 fully saturated rings. The lowest BCUT2D eigenvalue weighted by molar-refractivity contribution is 0.211. The molecule has 0 bridgehead atoms. The third kappa shape index (κ3) is 7.96. The van der Waals surface area contributed by atoms with Crippen LogP contribution in [0.3, 0.4) is 0 Å². The van der Waals surface area contributed by atoms with Crippen LogP contribution in [0.4, 0.5) is 0 Å². The molecule has 1 N–H and O–H groups in total. The highest BCUT2D eigenvalue weighted by molar-refractivity contribution is 7.65. The Kier molecular flexibility index (Phi) is 11.4. The molecule has 1 atom stereocenters. The highest BCUT2D eigenvalue weighted by Crippen LogP contribution is 2.55. The van der Waals surface area contributed by atoms with Crippen LogP contribution in [0.25, 0.3) is 11.2 Å². The van der Waals surface area contributed by atoms with Crippen molar-refractivity contribution in [3.63, 3.8) is 0 Å². The Labute approximate surface area is 195 Å². The van der Waals surface area contributed by atoms with Crippen LogP contribution >= 0.6 is 26.9 Å². The first-order valence-corrected chi connectivity index (χ1v) is 15.1. The first-order chi connectivity index (χ1) is 15.3. The number of aromatic nitrogens is 4. The average Bonchev–Trinajstić information content (AvgIpc) is 3.18. The topological polar surface area (TPSA) is 112 Å². The molecule has 13 heteroatoms. The van der Waals surface area contributed by atoms with Gasteiger partial charge in [-0.1, -0.05) is 11.6 Å². The van der Waals surface area contributed by atoms with Gasteiger partial charge in [0.25, 0.3) is 7.72 Å². The first-order valence-electron chi connectivity index (χ1n) is 11.0. The minimum atomic E-state index is -3.17. The Hall–Kier alpha value is -0.700. The first kappa shape index (κ1) is 27.5. The zero-order chi connectivity index (χ0) is 23.6. The Morgan fingerprint density at radius 1 is 1.09 bits per heavy atom. The molecule has 2 aromatic heterocycles. The van der Waals surface area contributed by atoms with E-state index in [1.54, 1.807) is 20.2 Å². The van der Waals surface area contributed by atoms with Crippen molar-refractivity contribution in [1.29, 1.82) is 0 Å². The van der Waals surface area contributed by atoms with Crippen LogP contribution in [-0.2, 0) is 24.7 Å². The van der Waals surface area contributed by atoms with E-state index in [1.807, 2.05) is 18.4 Å². The second-order valence-electron chi connectivity index (χ2n) is 7.09. The van der Waals surface area contributed by atoms with Gasteiger partial charge in [0.15, 0.2) is 10.8 Å². The molecule has 182 valence electrons. The van der Waals surface area contributed by atoms with Crippen molar-refractivity contribution in [3.8, 4) is 0 Å². The molecule has 0 aromatic carbocycles. The van der Waals surface area contributed by atoms with Crippen molar-refractivity contribution in [3.05, 3.63) is 17.8 Å². The normalized spacial score (nSPS) is 14.3. The molecule has 0 aliphatic heterocycles. The van der Waals surface area contributed by atoms with Crippen LogP contribution in [-0.4, -0.2) is 87.3 Å². The molecular weight excluding hydrogens is 476 g/mol. The third-order valence-electron chi connectivity index (χ3n) is 4.98. The number of halogens is 1. The summed E-state index contributed by atoms with van der Waals surface area (Å²) in [6.07, 6.45) is 4.49. The SMILES string of the molecule is CCOP(=O)(CCN(CCn1cnc2c(Cl)ncnc21)CC[P+](O)(CC)OCC)OCC. The number of hydrogen-bond donors (Lipinski definition) is 1. The van der Waals surface area contributed by atoms with Crippen LogP contribution in [0.5, 0.6) is 0 Å². The summed E-state index contributed by atoms with van der Waals surface area (Å²) in [4.78, 5) is 25.5. The van der Waals surface area contributed by atoms with Crippen molar-refractivity contribution < 1.29 is 23.0 Å². The quantitative estimate of drug-likeness (QED) is 0.265. The Morgan fingerprint density at radius 2 is 1.81 bits per heavy atom. The molecule has 0 radical (unpaired) electrons. The van der Waals surface area contributed by atoms with Crippen molar-refractivity contribution in [2.75, 3.05) is 57.9 Å². The van der Waals surface area contributed by atoms with Crippen LogP contribution in [0.1, 0.15) is 27.7 Å². The van der Waals surface area contributed by atoms with Crippen molar-refractivity contribution >= 4 is 38.1 Å². The summed E-state index contributed by atoms with van der Waals surface area (Å²) in [5, 5.41) is 0.314. The largest absolute Gasteiger partial charge is 0.331 e. The Balaban J connectivity index is 2.11. The lowest BCUT2D eigenvalue weighted by atomic mass is 10.4. The fourth-order valence-corrected chi connectivity index (χ4v) is 6.80. The summed E-state index contributed by atoms with van der Waals surface area (Å²) in [7, 11) is -5.62. The van der Waals surface area contributed by atoms with Gasteiger partial charge in [0.05, 0.1) is 32.3 Å². The molecule has 0 aliphatic rings. The fraction of sp³-hybridized carbons (Fsp3) is 0.737. The average molecular weight is 511 g/mol. The molecule has 0 saturated heterocycles. The van der Waals surface area contributed by atoms with E-state index in [0.717, 1.165) is 0 Å². The summed E-state index contributed by atoms with van der Waals surface area (Å²) in [5.74, 6) is 0. The van der Waals surface area contributed by atoms with E-state index >= 15 is 0 Å². The van der Waals surface area contributed by atoms with Crippen molar-refractivity contribution in [2.24, 2.45) is 0 Å². The molecule has 10 nitrogen and oxygen atoms in total. The second-order valence-corrected chi connectivity index (χ2v) is 12.7. The lowest BCUT2D eigenvalue weighted by Gasteiger charge is -2.26. The zero-order valence-corrected chi connectivity index (χ0v) is 21.9. The van der Waals surface area contributed by atoms with Gasteiger partial charge >= 0.3 is 7.60 Å². The maximum absolute atomic E-state index is 12.9. The van der Waals surface area contributed by atoms with Crippen LogP contribution < -0.4 is 0 Å². The molecule has 1 unspecified atom stereocenters. The van der Waals surface area contributed by atoms with Gasteiger partial charge in [-0.3, -0.25) is 9.46 Å². The Morgan fingerprint density at radius 3 is 2.44 bits per heavy atom. The molecule has 0 saturated carbocycles. The van der Waals surface area contributed by atoms with Gasteiger partial charge in [-0.2, -0.15) is 0 Å². The smallest absolute Gasteiger partial charge is 0.314 e. The molecule has 2 rings (SSSR count). The van der Waals surface area contributed by atoms with E-state index in [9.17, 15) is 9.46 Å². The standard InChI is InChI=1S/C19H35ClN5O5P2/c1-5-28-31(26,8-4)13-11-24(12-14-32(27,29-6-2)30-7-3)9-10-25-16-23-17-18(20)21-15-22-19(17)25/h15-16,26H,5-14H2,1-4H3/q+1. The highest BCUT2D eigenvalue weighted by Gasteiger charge is 2.35. The summed E-state index contributed by atoms with van der Waals surface area (Å²) in [6, 6.07) is 0. The van der Waals surface area contributed by atoms with Crippen molar-refractivity contribution in [2.45, 2.75) is 34.2 Å². The highest BCUT2D eigenvalue weighted by atomic mass is 35.5. The molecule has 0 amide bonds. The fourth-order valence-electron chi connectivity index (χ4n) is 3.28. The lowest BCUT2D eigenvalue weighted by Crippen LogP contribution is -2.34. The van der Waals surface area contributed by atoms with Crippen molar-refractivity contribution in [1.82, 2.24) is 24.4 Å². The van der Waals surface area contributed by atoms with Gasteiger partial charge in [-0.05, 0) is 27.7 Å². The number of hydrogen-bond acceptors (Lipinski definition) is 9. The summed E-state index contributed by atoms with van der Waals surface area (Å²) in [5.41, 5.74) is 1.21. The predicted molar refractivity (Wildman–Crippen MR) is 129 cm³/mol. The summed E-state index contributed by atoms with van der Waals surface area (Å²) >= 11 is 6.10. The monoisotopic (exact) mass is 510 g/mol. The van der Waals surface area contributed by atoms with Gasteiger partial charge in [-0.15, -0.1) is 0 Å². The minimum absolute atomic E-state index is 0.269. The molecule has 2 heterocycles. The van der Waals surface area contributed by atoms with E-state index < -0.39 is 15.3 Å². The summed E-state index contributed by atoms with van der Waals surface area (Å²) in [6.45, 7) is 10.9. The summed E-state index contributed by atoms with van der Waals surface area (Å²) < 4.78 is 31.4. The van der Waals surface area contributed by atoms with Crippen LogP contribution in [0, 0.1) is 0 Å². The number of imidazole rings is 1. The van der Waals surface area contributed by atoms with Gasteiger partial charge in [0.2, 0.25) is 0 Å². The third-order valence-corrected chi connectivity index (χ3v) is 9.94. The van der Waals surface area contributed by atoms with Gasteiger partial charge < -0.3 is 13.6 Å². The van der Waals surface area contributed by atoms with E-state index in [0.29, 0.717) is 74.6 Å². The molecule has 0 aliphatic carbocycles. The van der Waals surface area contributed by atoms with E-state index in [1.165, 1.54) is 6.33 Å². The maximum Gasteiger partial charge on any atom is 0.331 e. The number of fused-ring (bicyclic) bond motifs is 1. The number of rotatable bonds is 16. The number of nitrogens with zero attached hydrogens (tertiary/aromatic N) is 5. The Bertz CT molecular complexity index is 879. The molecule has 2 aromatic rings. The predicted octanol–water partition coefficient (Wildman–Crippen LogP) is 3.94. The zero-order valence-electron chi connectivity index (χ0n) is 19.3. The van der Waals surface area contributed by atoms with E-state index in [4.69, 9.17) is 25.2 Å². The van der Waals surface area contributed by atoms with Gasteiger partial charge in [0.1, 0.15) is 24.2 Å². The van der Waals surface area contributed by atoms with E-state index in [-0.39, 0.29) is 6.16 Å². The molecular formula is C19H35ClN5O5P2+. The molecule has 0 spiro atoms. The van der Waals surface area contributed by atoms with Crippen LogP contribution in [0.2, 0.25) is 5.15 Å². The van der Waals surface area contributed by atoms with E-state index in [2.05, 4.69) is 19.9 Å². The van der Waals surface area contributed by atoms with Gasteiger partial charge in [0, 0.05) is 26.2 Å².